The number of hydrogen-bond acceptors (Lipinski definition) is 4. The molecule has 6 nitrogen and oxygen atoms in total. The number of para-hydroxylation sites is 2. The molecule has 1 saturated heterocycles. The smallest absolute Gasteiger partial charge is 0.296 e. The second-order valence-electron chi connectivity index (χ2n) is 8.05. The fourth-order valence-corrected chi connectivity index (χ4v) is 4.48. The molecule has 0 aliphatic carbocycles. The van der Waals surface area contributed by atoms with E-state index >= 15 is 0 Å². The first-order chi connectivity index (χ1) is 16.2. The van der Waals surface area contributed by atoms with Crippen molar-refractivity contribution in [3.05, 3.63) is 90.8 Å². The zero-order valence-electron chi connectivity index (χ0n) is 18.5. The normalized spacial score (nSPS) is 13.8. The molecule has 0 saturated carbocycles. The number of benzene rings is 2. The molecule has 0 radical (unpaired) electrons. The number of carbonyl (C=O) groups excluding carboxylic acids is 2. The van der Waals surface area contributed by atoms with Crippen LogP contribution in [0.3, 0.4) is 0 Å². The first-order valence-electron chi connectivity index (χ1n) is 11.0. The van der Waals surface area contributed by atoms with Crippen molar-refractivity contribution in [2.75, 3.05) is 38.2 Å². The lowest BCUT2D eigenvalue weighted by Crippen LogP contribution is -2.50. The van der Waals surface area contributed by atoms with Crippen molar-refractivity contribution in [1.82, 2.24) is 9.30 Å². The average Bonchev–Trinajstić information content (AvgIpc) is 3.28. The van der Waals surface area contributed by atoms with Gasteiger partial charge in [-0.25, -0.2) is 0 Å². The molecule has 1 amide bonds. The minimum atomic E-state index is -0.481. The van der Waals surface area contributed by atoms with Crippen LogP contribution in [0.1, 0.15) is 10.5 Å². The largest absolute Gasteiger partial charge is 0.495 e. The van der Waals surface area contributed by atoms with Gasteiger partial charge in [0.05, 0.1) is 12.8 Å². The first kappa shape index (κ1) is 20.8. The number of anilines is 1. The zero-order valence-corrected chi connectivity index (χ0v) is 18.5. The van der Waals surface area contributed by atoms with Crippen LogP contribution < -0.4 is 9.64 Å². The Morgan fingerprint density at radius 3 is 2.27 bits per heavy atom. The molecule has 0 bridgehead atoms. The Bertz CT molecular complexity index is 1300. The van der Waals surface area contributed by atoms with Crippen LogP contribution in [-0.4, -0.2) is 54.3 Å². The number of ether oxygens (including phenoxy) is 1. The van der Waals surface area contributed by atoms with Crippen LogP contribution in [0.25, 0.3) is 16.6 Å². The van der Waals surface area contributed by atoms with Gasteiger partial charge in [0.25, 0.3) is 11.7 Å². The molecule has 3 heterocycles. The summed E-state index contributed by atoms with van der Waals surface area (Å²) in [7, 11) is 1.66. The van der Waals surface area contributed by atoms with Gasteiger partial charge in [-0.05, 0) is 35.9 Å². The van der Waals surface area contributed by atoms with Gasteiger partial charge in [0.2, 0.25) is 0 Å². The summed E-state index contributed by atoms with van der Waals surface area (Å²) in [6.45, 7) is 2.23. The molecule has 0 N–H and O–H groups in total. The molecule has 166 valence electrons. The third kappa shape index (κ3) is 3.84. The van der Waals surface area contributed by atoms with Gasteiger partial charge in [0, 0.05) is 43.5 Å². The van der Waals surface area contributed by atoms with Crippen LogP contribution in [0.2, 0.25) is 0 Å². The van der Waals surface area contributed by atoms with Crippen molar-refractivity contribution >= 4 is 22.9 Å². The van der Waals surface area contributed by atoms with Crippen LogP contribution in [-0.2, 0) is 4.79 Å². The van der Waals surface area contributed by atoms with Gasteiger partial charge >= 0.3 is 0 Å². The average molecular weight is 440 g/mol. The Balaban J connectivity index is 1.40. The van der Waals surface area contributed by atoms with Gasteiger partial charge in [-0.3, -0.25) is 9.59 Å². The fourth-order valence-electron chi connectivity index (χ4n) is 4.48. The number of rotatable bonds is 5. The molecular formula is C27H25N3O3. The second kappa shape index (κ2) is 8.82. The minimum absolute atomic E-state index is 0.411. The highest BCUT2D eigenvalue weighted by atomic mass is 16.5. The van der Waals surface area contributed by atoms with E-state index in [9.17, 15) is 9.59 Å². The second-order valence-corrected chi connectivity index (χ2v) is 8.05. The summed E-state index contributed by atoms with van der Waals surface area (Å²) in [4.78, 5) is 30.7. The predicted molar refractivity (Wildman–Crippen MR) is 129 cm³/mol. The summed E-state index contributed by atoms with van der Waals surface area (Å²) in [6.07, 6.45) is 1.84. The van der Waals surface area contributed by atoms with Gasteiger partial charge < -0.3 is 18.9 Å². The highest BCUT2D eigenvalue weighted by Gasteiger charge is 2.31. The van der Waals surface area contributed by atoms with Gasteiger partial charge in [-0.1, -0.05) is 48.5 Å². The van der Waals surface area contributed by atoms with E-state index in [1.54, 1.807) is 12.0 Å². The van der Waals surface area contributed by atoms with Crippen LogP contribution in [0.5, 0.6) is 5.75 Å². The van der Waals surface area contributed by atoms with E-state index < -0.39 is 11.7 Å². The summed E-state index contributed by atoms with van der Waals surface area (Å²) in [6, 6.07) is 25.3. The summed E-state index contributed by atoms with van der Waals surface area (Å²) in [5.74, 6) is -0.137. The third-order valence-corrected chi connectivity index (χ3v) is 6.17. The van der Waals surface area contributed by atoms with E-state index in [4.69, 9.17) is 4.74 Å². The Morgan fingerprint density at radius 2 is 1.52 bits per heavy atom. The molecule has 5 rings (SSSR count). The maximum absolute atomic E-state index is 13.5. The summed E-state index contributed by atoms with van der Waals surface area (Å²) >= 11 is 0. The van der Waals surface area contributed by atoms with E-state index in [0.717, 1.165) is 28.1 Å². The van der Waals surface area contributed by atoms with E-state index in [-0.39, 0.29) is 0 Å². The van der Waals surface area contributed by atoms with Crippen molar-refractivity contribution in [3.8, 4) is 16.9 Å². The first-order valence-corrected chi connectivity index (χ1v) is 11.0. The molecule has 33 heavy (non-hydrogen) atoms. The van der Waals surface area contributed by atoms with E-state index in [1.165, 1.54) is 0 Å². The van der Waals surface area contributed by atoms with Crippen molar-refractivity contribution in [2.45, 2.75) is 0 Å². The number of ketones is 1. The van der Waals surface area contributed by atoms with Crippen molar-refractivity contribution in [1.29, 1.82) is 0 Å². The Kier molecular flexibility index (Phi) is 5.57. The topological polar surface area (TPSA) is 54.3 Å². The van der Waals surface area contributed by atoms with Gasteiger partial charge in [-0.15, -0.1) is 0 Å². The van der Waals surface area contributed by atoms with Gasteiger partial charge in [0.15, 0.2) is 0 Å². The van der Waals surface area contributed by atoms with E-state index in [2.05, 4.69) is 4.90 Å². The van der Waals surface area contributed by atoms with Crippen LogP contribution in [0, 0.1) is 0 Å². The van der Waals surface area contributed by atoms with Crippen molar-refractivity contribution in [2.24, 2.45) is 0 Å². The quantitative estimate of drug-likeness (QED) is 0.346. The molecule has 2 aromatic carbocycles. The Labute approximate surface area is 192 Å². The predicted octanol–water partition coefficient (Wildman–Crippen LogP) is 4.15. The third-order valence-electron chi connectivity index (χ3n) is 6.17. The molecule has 6 heteroatoms. The van der Waals surface area contributed by atoms with Crippen LogP contribution in [0.15, 0.2) is 85.1 Å². The van der Waals surface area contributed by atoms with E-state index in [1.807, 2.05) is 89.5 Å². The molecule has 0 unspecified atom stereocenters. The lowest BCUT2D eigenvalue weighted by Gasteiger charge is -2.36. The lowest BCUT2D eigenvalue weighted by atomic mass is 10.0. The Morgan fingerprint density at radius 1 is 0.818 bits per heavy atom. The fraction of sp³-hybridized carbons (Fsp3) is 0.185. The molecule has 1 aliphatic rings. The number of nitrogens with zero attached hydrogens (tertiary/aromatic N) is 3. The van der Waals surface area contributed by atoms with Gasteiger partial charge in [0.1, 0.15) is 11.4 Å². The number of Topliss-reactive ketones (excluding diaryl/α,β-unsaturated/α-hetero) is 1. The lowest BCUT2D eigenvalue weighted by molar-refractivity contribution is -0.126. The number of amides is 1. The molecular weight excluding hydrogens is 414 g/mol. The zero-order chi connectivity index (χ0) is 22.8. The highest BCUT2D eigenvalue weighted by molar-refractivity contribution is 6.43. The molecule has 2 aromatic heterocycles. The summed E-state index contributed by atoms with van der Waals surface area (Å²) in [5.41, 5.74) is 3.98. The number of carbonyl (C=O) groups is 2. The highest BCUT2D eigenvalue weighted by Crippen LogP contribution is 2.30. The molecule has 0 atom stereocenters. The molecule has 4 aromatic rings. The minimum Gasteiger partial charge on any atom is -0.495 e. The number of aromatic nitrogens is 1. The Hall–Kier alpha value is -4.06. The van der Waals surface area contributed by atoms with Crippen molar-refractivity contribution in [3.63, 3.8) is 0 Å². The number of hydrogen-bond donors (Lipinski definition) is 0. The maximum atomic E-state index is 13.5. The standard InChI is InChI=1S/C27H25N3O3/c1-33-24-13-6-5-12-23(24)28-15-17-29(18-16-28)27(32)26(31)25-22(20-9-3-2-4-10-20)19-21-11-7-8-14-30(21)25/h2-14,19H,15-18H2,1H3. The number of fused-ring (bicyclic) bond motifs is 1. The summed E-state index contributed by atoms with van der Waals surface area (Å²) in [5, 5.41) is 0. The number of pyridine rings is 1. The molecule has 0 spiro atoms. The van der Waals surface area contributed by atoms with Crippen LogP contribution in [0.4, 0.5) is 5.69 Å². The monoisotopic (exact) mass is 439 g/mol. The molecule has 1 aliphatic heterocycles. The van der Waals surface area contributed by atoms with E-state index in [0.29, 0.717) is 31.9 Å². The van der Waals surface area contributed by atoms with Crippen LogP contribution >= 0.6 is 0 Å². The molecule has 1 fully saturated rings. The number of methoxy groups -OCH3 is 1. The SMILES string of the molecule is COc1ccccc1N1CCN(C(=O)C(=O)c2c(-c3ccccc3)cc3ccccn23)CC1. The van der Waals surface area contributed by atoms with Gasteiger partial charge in [-0.2, -0.15) is 0 Å². The van der Waals surface area contributed by atoms with Crippen molar-refractivity contribution < 1.29 is 14.3 Å². The summed E-state index contributed by atoms with van der Waals surface area (Å²) < 4.78 is 7.29. The maximum Gasteiger partial charge on any atom is 0.296 e. The number of piperazine rings is 1.